The molecule has 0 radical (unpaired) electrons. The van der Waals surface area contributed by atoms with Gasteiger partial charge in [0.1, 0.15) is 0 Å². The molecule has 3 rings (SSSR count). The van der Waals surface area contributed by atoms with Crippen molar-refractivity contribution in [1.29, 1.82) is 0 Å². The first kappa shape index (κ1) is 13.1. The molecule has 1 heterocycles. The third-order valence-corrected chi connectivity index (χ3v) is 4.11. The lowest BCUT2D eigenvalue weighted by Crippen LogP contribution is -2.44. The Morgan fingerprint density at radius 2 is 2.00 bits per heavy atom. The van der Waals surface area contributed by atoms with Crippen LogP contribution in [0, 0.1) is 0 Å². The van der Waals surface area contributed by atoms with Gasteiger partial charge in [-0.3, -0.25) is 9.36 Å². The number of aromatic nitrogens is 2. The highest BCUT2D eigenvalue weighted by molar-refractivity contribution is 5.81. The van der Waals surface area contributed by atoms with Crippen LogP contribution in [0.5, 0.6) is 0 Å². The highest BCUT2D eigenvalue weighted by atomic mass is 19.4. The van der Waals surface area contributed by atoms with E-state index < -0.39 is 22.8 Å². The SMILES string of the molecule is CC1(n2cnc3cccc(C(F)(F)F)c3c2=O)CCC1. The van der Waals surface area contributed by atoms with E-state index in [0.717, 1.165) is 25.3 Å². The van der Waals surface area contributed by atoms with E-state index in [0.29, 0.717) is 0 Å². The minimum atomic E-state index is -4.56. The lowest BCUT2D eigenvalue weighted by atomic mass is 9.78. The summed E-state index contributed by atoms with van der Waals surface area (Å²) in [6.45, 7) is 1.88. The van der Waals surface area contributed by atoms with Crippen LogP contribution in [-0.4, -0.2) is 9.55 Å². The molecular weight excluding hydrogens is 269 g/mol. The van der Waals surface area contributed by atoms with Crippen molar-refractivity contribution in [3.63, 3.8) is 0 Å². The first-order valence-electron chi connectivity index (χ1n) is 6.41. The summed E-state index contributed by atoms with van der Waals surface area (Å²) in [5, 5.41) is -0.337. The summed E-state index contributed by atoms with van der Waals surface area (Å²) in [4.78, 5) is 16.5. The maximum absolute atomic E-state index is 13.0. The maximum Gasteiger partial charge on any atom is 0.417 e. The highest BCUT2D eigenvalue weighted by Gasteiger charge is 2.37. The Hall–Kier alpha value is -1.85. The van der Waals surface area contributed by atoms with Gasteiger partial charge in [-0.15, -0.1) is 0 Å². The molecule has 0 amide bonds. The molecule has 0 N–H and O–H groups in total. The molecule has 1 aliphatic rings. The minimum absolute atomic E-state index is 0.0870. The summed E-state index contributed by atoms with van der Waals surface area (Å²) < 4.78 is 40.5. The number of rotatable bonds is 1. The number of hydrogen-bond acceptors (Lipinski definition) is 2. The largest absolute Gasteiger partial charge is 0.417 e. The Labute approximate surface area is 113 Å². The van der Waals surface area contributed by atoms with E-state index in [-0.39, 0.29) is 10.9 Å². The van der Waals surface area contributed by atoms with Gasteiger partial charge in [-0.25, -0.2) is 4.98 Å². The van der Waals surface area contributed by atoms with Crippen LogP contribution in [0.4, 0.5) is 13.2 Å². The maximum atomic E-state index is 13.0. The summed E-state index contributed by atoms with van der Waals surface area (Å²) in [5.74, 6) is 0. The second-order valence-corrected chi connectivity index (χ2v) is 5.47. The molecule has 0 saturated heterocycles. The molecule has 106 valence electrons. The average Bonchev–Trinajstić information content (AvgIpc) is 2.35. The summed E-state index contributed by atoms with van der Waals surface area (Å²) in [6, 6.07) is 3.63. The normalized spacial score (nSPS) is 18.0. The second-order valence-electron chi connectivity index (χ2n) is 5.47. The van der Waals surface area contributed by atoms with E-state index in [1.54, 1.807) is 0 Å². The summed E-state index contributed by atoms with van der Waals surface area (Å²) in [6.07, 6.45) is -0.644. The van der Waals surface area contributed by atoms with Crippen LogP contribution in [0.25, 0.3) is 10.9 Å². The van der Waals surface area contributed by atoms with Gasteiger partial charge in [0, 0.05) is 5.54 Å². The van der Waals surface area contributed by atoms with Gasteiger partial charge in [0.2, 0.25) is 0 Å². The molecule has 0 spiro atoms. The number of hydrogen-bond donors (Lipinski definition) is 0. The first-order valence-corrected chi connectivity index (χ1v) is 6.41. The zero-order valence-corrected chi connectivity index (χ0v) is 10.9. The third kappa shape index (κ3) is 1.82. The zero-order chi connectivity index (χ0) is 14.5. The minimum Gasteiger partial charge on any atom is -0.293 e. The molecule has 6 heteroatoms. The van der Waals surface area contributed by atoms with Gasteiger partial charge in [0.05, 0.1) is 22.8 Å². The lowest BCUT2D eigenvalue weighted by molar-refractivity contribution is -0.136. The number of nitrogens with zero attached hydrogens (tertiary/aromatic N) is 2. The Balaban J connectivity index is 2.34. The number of halogens is 3. The van der Waals surface area contributed by atoms with Crippen molar-refractivity contribution >= 4 is 10.9 Å². The van der Waals surface area contributed by atoms with Gasteiger partial charge in [0.25, 0.3) is 5.56 Å². The van der Waals surface area contributed by atoms with Crippen molar-refractivity contribution in [1.82, 2.24) is 9.55 Å². The predicted molar refractivity (Wildman–Crippen MR) is 68.5 cm³/mol. The summed E-state index contributed by atoms with van der Waals surface area (Å²) in [5.41, 5.74) is -1.84. The van der Waals surface area contributed by atoms with E-state index in [1.807, 2.05) is 6.92 Å². The first-order chi connectivity index (χ1) is 9.33. The van der Waals surface area contributed by atoms with Gasteiger partial charge < -0.3 is 0 Å². The van der Waals surface area contributed by atoms with Crippen molar-refractivity contribution < 1.29 is 13.2 Å². The molecule has 20 heavy (non-hydrogen) atoms. The molecule has 0 aliphatic heterocycles. The van der Waals surface area contributed by atoms with Crippen LogP contribution in [0.15, 0.2) is 29.3 Å². The van der Waals surface area contributed by atoms with E-state index in [9.17, 15) is 18.0 Å². The molecule has 3 nitrogen and oxygen atoms in total. The second kappa shape index (κ2) is 4.07. The smallest absolute Gasteiger partial charge is 0.293 e. The predicted octanol–water partition coefficient (Wildman–Crippen LogP) is 3.31. The Kier molecular flexibility index (Phi) is 2.68. The molecule has 0 bridgehead atoms. The number of fused-ring (bicyclic) bond motifs is 1. The Morgan fingerprint density at radius 3 is 2.55 bits per heavy atom. The van der Waals surface area contributed by atoms with Gasteiger partial charge >= 0.3 is 6.18 Å². The molecule has 1 saturated carbocycles. The zero-order valence-electron chi connectivity index (χ0n) is 10.9. The van der Waals surface area contributed by atoms with Crippen molar-refractivity contribution in [2.75, 3.05) is 0 Å². The molecule has 1 aliphatic carbocycles. The average molecular weight is 282 g/mol. The Morgan fingerprint density at radius 1 is 1.30 bits per heavy atom. The number of benzene rings is 1. The van der Waals surface area contributed by atoms with Gasteiger partial charge in [0.15, 0.2) is 0 Å². The number of alkyl halides is 3. The molecule has 1 aromatic carbocycles. The van der Waals surface area contributed by atoms with Crippen molar-refractivity contribution in [3.05, 3.63) is 40.4 Å². The summed E-state index contributed by atoms with van der Waals surface area (Å²) >= 11 is 0. The quantitative estimate of drug-likeness (QED) is 0.804. The monoisotopic (exact) mass is 282 g/mol. The summed E-state index contributed by atoms with van der Waals surface area (Å²) in [7, 11) is 0. The van der Waals surface area contributed by atoms with E-state index in [2.05, 4.69) is 4.98 Å². The lowest BCUT2D eigenvalue weighted by Gasteiger charge is -2.39. The third-order valence-electron chi connectivity index (χ3n) is 4.11. The standard InChI is InChI=1S/C14H13F3N2O/c1-13(6-3-7-13)19-8-18-10-5-2-4-9(14(15,16)17)11(10)12(19)20/h2,4-5,8H,3,6-7H2,1H3. The highest BCUT2D eigenvalue weighted by Crippen LogP contribution is 2.38. The molecule has 1 aromatic heterocycles. The fourth-order valence-electron chi connectivity index (χ4n) is 2.72. The van der Waals surface area contributed by atoms with Gasteiger partial charge in [-0.05, 0) is 38.3 Å². The van der Waals surface area contributed by atoms with Gasteiger partial charge in [-0.2, -0.15) is 13.2 Å². The molecular formula is C14H13F3N2O. The van der Waals surface area contributed by atoms with Crippen LogP contribution in [-0.2, 0) is 11.7 Å². The topological polar surface area (TPSA) is 34.9 Å². The van der Waals surface area contributed by atoms with Crippen molar-refractivity contribution in [2.45, 2.75) is 37.9 Å². The van der Waals surface area contributed by atoms with E-state index in [1.165, 1.54) is 23.0 Å². The van der Waals surface area contributed by atoms with Crippen LogP contribution < -0.4 is 5.56 Å². The fourth-order valence-corrected chi connectivity index (χ4v) is 2.72. The van der Waals surface area contributed by atoms with E-state index in [4.69, 9.17) is 0 Å². The molecule has 0 atom stereocenters. The molecule has 0 unspecified atom stereocenters. The van der Waals surface area contributed by atoms with Crippen LogP contribution >= 0.6 is 0 Å². The molecule has 2 aromatic rings. The van der Waals surface area contributed by atoms with Gasteiger partial charge in [-0.1, -0.05) is 6.07 Å². The van der Waals surface area contributed by atoms with Crippen molar-refractivity contribution in [2.24, 2.45) is 0 Å². The van der Waals surface area contributed by atoms with E-state index >= 15 is 0 Å². The van der Waals surface area contributed by atoms with Crippen LogP contribution in [0.2, 0.25) is 0 Å². The Bertz CT molecular complexity index is 729. The van der Waals surface area contributed by atoms with Crippen LogP contribution in [0.3, 0.4) is 0 Å². The molecule has 1 fully saturated rings. The van der Waals surface area contributed by atoms with Crippen molar-refractivity contribution in [3.8, 4) is 0 Å². The fraction of sp³-hybridized carbons (Fsp3) is 0.429. The van der Waals surface area contributed by atoms with Crippen LogP contribution in [0.1, 0.15) is 31.7 Å².